The van der Waals surface area contributed by atoms with Crippen molar-refractivity contribution in [3.05, 3.63) is 60.2 Å². The Kier molecular flexibility index (Phi) is 6.39. The fraction of sp³-hybridized carbons (Fsp3) is 0.440. The second kappa shape index (κ2) is 9.22. The molecule has 1 spiro atoms. The number of aryl methyl sites for hydroxylation is 1. The number of rotatable bonds is 4. The van der Waals surface area contributed by atoms with Crippen molar-refractivity contribution < 1.29 is 8.94 Å². The average Bonchev–Trinajstić information content (AvgIpc) is 3.38. The first kappa shape index (κ1) is 24.3. The van der Waals surface area contributed by atoms with Crippen LogP contribution >= 0.6 is 11.8 Å². The molecule has 0 radical (unpaired) electrons. The molecule has 5 heterocycles. The molecule has 2 aliphatic rings. The largest absolute Gasteiger partial charge is 0.591 e. The fourth-order valence-corrected chi connectivity index (χ4v) is 6.13. The van der Waals surface area contributed by atoms with Crippen LogP contribution in [-0.2, 0) is 17.9 Å². The Morgan fingerprint density at radius 2 is 1.91 bits per heavy atom. The highest BCUT2D eigenvalue weighted by Crippen LogP contribution is 2.44. The predicted octanol–water partition coefficient (Wildman–Crippen LogP) is 4.82. The van der Waals surface area contributed by atoms with Gasteiger partial charge in [-0.25, -0.2) is 14.4 Å². The molecule has 2 aliphatic heterocycles. The van der Waals surface area contributed by atoms with E-state index in [0.717, 1.165) is 49.7 Å². The molecule has 0 aromatic carbocycles. The van der Waals surface area contributed by atoms with E-state index < -0.39 is 16.1 Å². The average molecular weight is 513 g/mol. The van der Waals surface area contributed by atoms with Crippen LogP contribution in [0.15, 0.2) is 57.3 Å². The van der Waals surface area contributed by atoms with Gasteiger partial charge in [0.15, 0.2) is 5.82 Å². The van der Waals surface area contributed by atoms with Crippen molar-refractivity contribution >= 4 is 34.7 Å². The van der Waals surface area contributed by atoms with Gasteiger partial charge in [-0.05, 0) is 58.7 Å². The Labute approximate surface area is 212 Å². The number of nitrogens with zero attached hydrogens (tertiary/aromatic N) is 6. The lowest BCUT2D eigenvalue weighted by Gasteiger charge is -2.39. The molecular weight excluding hydrogens is 483 g/mol. The van der Waals surface area contributed by atoms with E-state index in [1.165, 1.54) is 11.8 Å². The molecule has 1 atom stereocenters. The van der Waals surface area contributed by atoms with Crippen molar-refractivity contribution in [3.8, 4) is 0 Å². The molecule has 3 aromatic heterocycles. The van der Waals surface area contributed by atoms with Crippen LogP contribution in [0.4, 0.5) is 10.2 Å². The Bertz CT molecular complexity index is 1250. The quantitative estimate of drug-likeness (QED) is 0.466. The summed E-state index contributed by atoms with van der Waals surface area (Å²) in [7, 11) is 0. The van der Waals surface area contributed by atoms with E-state index in [4.69, 9.17) is 4.40 Å². The number of pyridine rings is 1. The zero-order valence-corrected chi connectivity index (χ0v) is 22.0. The minimum atomic E-state index is -1.31. The van der Waals surface area contributed by atoms with E-state index in [1.807, 2.05) is 26.8 Å². The van der Waals surface area contributed by atoms with Crippen molar-refractivity contribution in [2.75, 3.05) is 18.0 Å². The summed E-state index contributed by atoms with van der Waals surface area (Å²) >= 11 is -0.0619. The lowest BCUT2D eigenvalue weighted by molar-refractivity contribution is 0.298. The van der Waals surface area contributed by atoms with Crippen LogP contribution in [0, 0.1) is 18.2 Å². The summed E-state index contributed by atoms with van der Waals surface area (Å²) in [5.74, 6) is 0.488. The molecule has 1 fully saturated rings. The Balaban J connectivity index is 1.30. The van der Waals surface area contributed by atoms with Gasteiger partial charge in [-0.15, -0.1) is 0 Å². The van der Waals surface area contributed by atoms with Crippen LogP contribution in [0.1, 0.15) is 45.0 Å². The molecule has 0 N–H and O–H groups in total. The summed E-state index contributed by atoms with van der Waals surface area (Å²) in [6, 6.07) is 5.76. The van der Waals surface area contributed by atoms with Gasteiger partial charge in [-0.2, -0.15) is 0 Å². The second-order valence-corrected chi connectivity index (χ2v) is 13.1. The van der Waals surface area contributed by atoms with Crippen LogP contribution < -0.4 is 4.90 Å². The SMILES string of the molecule is Cc1nccc(Sc2cnc(N3CCC4(CC3)Cn3cccc3C4=N[S+]([O-])C(C)(C)C)cn2)c1F. The van der Waals surface area contributed by atoms with Crippen LogP contribution in [0.25, 0.3) is 0 Å². The lowest BCUT2D eigenvalue weighted by Crippen LogP contribution is -2.44. The number of aromatic nitrogens is 4. The number of hydrogen-bond donors (Lipinski definition) is 0. The summed E-state index contributed by atoms with van der Waals surface area (Å²) in [4.78, 5) is 15.8. The maximum atomic E-state index is 14.3. The van der Waals surface area contributed by atoms with E-state index in [9.17, 15) is 8.94 Å². The Morgan fingerprint density at radius 1 is 1.14 bits per heavy atom. The molecule has 0 amide bonds. The minimum absolute atomic E-state index is 0.117. The number of piperidine rings is 1. The lowest BCUT2D eigenvalue weighted by atomic mass is 9.75. The van der Waals surface area contributed by atoms with Gasteiger partial charge in [0.2, 0.25) is 0 Å². The highest BCUT2D eigenvalue weighted by Gasteiger charge is 2.47. The van der Waals surface area contributed by atoms with Crippen molar-refractivity contribution in [3.63, 3.8) is 0 Å². The van der Waals surface area contributed by atoms with Crippen molar-refractivity contribution in [1.82, 2.24) is 19.5 Å². The van der Waals surface area contributed by atoms with E-state index in [0.29, 0.717) is 15.6 Å². The molecule has 1 saturated heterocycles. The topological polar surface area (TPSA) is 82.3 Å². The third-order valence-electron chi connectivity index (χ3n) is 6.65. The molecule has 35 heavy (non-hydrogen) atoms. The monoisotopic (exact) mass is 512 g/mol. The third kappa shape index (κ3) is 4.71. The molecule has 0 bridgehead atoms. The maximum Gasteiger partial charge on any atom is 0.158 e. The van der Waals surface area contributed by atoms with E-state index in [2.05, 4.69) is 36.7 Å². The van der Waals surface area contributed by atoms with Gasteiger partial charge in [0.1, 0.15) is 32.7 Å². The number of hydrogen-bond acceptors (Lipinski definition) is 7. The molecule has 184 valence electrons. The van der Waals surface area contributed by atoms with Gasteiger partial charge in [0, 0.05) is 37.4 Å². The number of halogens is 1. The molecule has 0 aliphatic carbocycles. The van der Waals surface area contributed by atoms with Gasteiger partial charge in [-0.3, -0.25) is 4.98 Å². The van der Waals surface area contributed by atoms with Crippen molar-refractivity contribution in [2.45, 2.75) is 61.7 Å². The summed E-state index contributed by atoms with van der Waals surface area (Å²) in [5, 5.41) is 0.640. The fourth-order valence-electron chi connectivity index (χ4n) is 4.60. The van der Waals surface area contributed by atoms with Crippen LogP contribution in [-0.4, -0.2) is 47.6 Å². The molecule has 3 aromatic rings. The third-order valence-corrected chi connectivity index (χ3v) is 9.00. The van der Waals surface area contributed by atoms with Gasteiger partial charge in [0.05, 0.1) is 28.7 Å². The second-order valence-electron chi connectivity index (χ2n) is 10.1. The molecule has 0 saturated carbocycles. The molecule has 1 unspecified atom stereocenters. The first-order chi connectivity index (χ1) is 16.7. The highest BCUT2D eigenvalue weighted by molar-refractivity contribution is 7.99. The number of anilines is 1. The summed E-state index contributed by atoms with van der Waals surface area (Å²) in [6.07, 6.45) is 8.93. The van der Waals surface area contributed by atoms with E-state index in [-0.39, 0.29) is 11.2 Å². The van der Waals surface area contributed by atoms with Gasteiger partial charge >= 0.3 is 0 Å². The first-order valence-electron chi connectivity index (χ1n) is 11.7. The molecular formula is C25H29FN6OS2. The summed E-state index contributed by atoms with van der Waals surface area (Å²) in [5.41, 5.74) is 2.31. The normalized spacial score (nSPS) is 19.4. The first-order valence-corrected chi connectivity index (χ1v) is 13.6. The molecule has 7 nitrogen and oxygen atoms in total. The number of fused-ring (bicyclic) bond motifs is 1. The molecule has 5 rings (SSSR count). The van der Waals surface area contributed by atoms with Crippen LogP contribution in [0.2, 0.25) is 0 Å². The van der Waals surface area contributed by atoms with Crippen LogP contribution in [0.3, 0.4) is 0 Å². The molecule has 10 heteroatoms. The summed E-state index contributed by atoms with van der Waals surface area (Å²) in [6.45, 7) is 10.0. The van der Waals surface area contributed by atoms with Crippen molar-refractivity contribution in [2.24, 2.45) is 9.81 Å². The minimum Gasteiger partial charge on any atom is -0.591 e. The predicted molar refractivity (Wildman–Crippen MR) is 138 cm³/mol. The maximum absolute atomic E-state index is 14.3. The standard InChI is InChI=1S/C25H29FN6OS2/c1-17-22(26)19(7-10-27-17)34-21-15-28-20(14-29-21)31-12-8-25(9-13-31)16-32-11-5-6-18(32)23(25)30-35(33)24(2,3)4/h5-7,10-11,14-15H,8-9,12-13,16H2,1-4H3. The van der Waals surface area contributed by atoms with E-state index >= 15 is 0 Å². The van der Waals surface area contributed by atoms with Crippen LogP contribution in [0.5, 0.6) is 0 Å². The zero-order chi connectivity index (χ0) is 24.8. The van der Waals surface area contributed by atoms with Crippen molar-refractivity contribution in [1.29, 1.82) is 0 Å². The van der Waals surface area contributed by atoms with Gasteiger partial charge in [-0.1, -0.05) is 16.2 Å². The van der Waals surface area contributed by atoms with E-state index in [1.54, 1.807) is 31.6 Å². The zero-order valence-electron chi connectivity index (χ0n) is 20.4. The highest BCUT2D eigenvalue weighted by atomic mass is 32.2. The Morgan fingerprint density at radius 3 is 2.60 bits per heavy atom. The summed E-state index contributed by atoms with van der Waals surface area (Å²) < 4.78 is 33.8. The van der Waals surface area contributed by atoms with Gasteiger partial charge in [0.25, 0.3) is 0 Å². The van der Waals surface area contributed by atoms with Gasteiger partial charge < -0.3 is 14.0 Å². The smallest absolute Gasteiger partial charge is 0.158 e. The Hall–Kier alpha value is -2.43.